The number of nitrogens with zero attached hydrogens (tertiary/aromatic N) is 3. The zero-order valence-electron chi connectivity index (χ0n) is 15.4. The number of rotatable bonds is 5. The van der Waals surface area contributed by atoms with Crippen LogP contribution in [0.15, 0.2) is 42.9 Å². The molecule has 0 aliphatic heterocycles. The average Bonchev–Trinajstić information content (AvgIpc) is 3.13. The molecule has 2 N–H and O–H groups in total. The minimum absolute atomic E-state index is 0.00873. The Hall–Kier alpha value is -3.40. The maximum Gasteiger partial charge on any atom is 0.251 e. The summed E-state index contributed by atoms with van der Waals surface area (Å²) in [4.78, 5) is 23.7. The Kier molecular flexibility index (Phi) is 5.20. The highest BCUT2D eigenvalue weighted by molar-refractivity contribution is 5.88. The average molecular weight is 375 g/mol. The van der Waals surface area contributed by atoms with Crippen LogP contribution in [0.25, 0.3) is 10.9 Å². The third-order valence-electron chi connectivity index (χ3n) is 5.11. The number of fused-ring (bicyclic) bond motifs is 1. The Balaban J connectivity index is 1.28. The number of carbonyl (C=O) groups excluding carboxylic acids is 1. The van der Waals surface area contributed by atoms with Gasteiger partial charge in [0.05, 0.1) is 6.42 Å². The van der Waals surface area contributed by atoms with E-state index in [1.807, 2.05) is 36.5 Å². The van der Waals surface area contributed by atoms with E-state index < -0.39 is 0 Å². The van der Waals surface area contributed by atoms with Crippen LogP contribution in [0, 0.1) is 11.3 Å². The van der Waals surface area contributed by atoms with Crippen molar-refractivity contribution < 1.29 is 9.53 Å². The van der Waals surface area contributed by atoms with Crippen LogP contribution in [-0.2, 0) is 11.2 Å². The van der Waals surface area contributed by atoms with Gasteiger partial charge in [-0.15, -0.1) is 0 Å². The van der Waals surface area contributed by atoms with Gasteiger partial charge in [0.15, 0.2) is 0 Å². The Bertz CT molecular complexity index is 1010. The molecule has 1 aliphatic carbocycles. The summed E-state index contributed by atoms with van der Waals surface area (Å²) in [5.74, 6) is 0.326. The van der Waals surface area contributed by atoms with Gasteiger partial charge in [0, 0.05) is 35.5 Å². The van der Waals surface area contributed by atoms with Crippen molar-refractivity contribution in [3.63, 3.8) is 0 Å². The summed E-state index contributed by atoms with van der Waals surface area (Å²) in [6.45, 7) is 0. The zero-order chi connectivity index (χ0) is 19.3. The molecule has 0 spiro atoms. The summed E-state index contributed by atoms with van der Waals surface area (Å²) in [6.07, 6.45) is 8.55. The van der Waals surface area contributed by atoms with Crippen molar-refractivity contribution in [3.8, 4) is 11.9 Å². The van der Waals surface area contributed by atoms with Crippen LogP contribution in [0.4, 0.5) is 0 Å². The number of aromatic nitrogens is 3. The van der Waals surface area contributed by atoms with E-state index in [0.717, 1.165) is 42.1 Å². The lowest BCUT2D eigenvalue weighted by atomic mass is 9.92. The molecule has 0 atom stereocenters. The number of benzene rings is 1. The minimum atomic E-state index is -0.00873. The van der Waals surface area contributed by atoms with E-state index in [2.05, 4.69) is 20.3 Å². The van der Waals surface area contributed by atoms with Crippen molar-refractivity contribution in [2.75, 3.05) is 0 Å². The summed E-state index contributed by atoms with van der Waals surface area (Å²) < 4.78 is 5.85. The molecule has 2 aromatic heterocycles. The first kappa shape index (κ1) is 18.0. The topological polar surface area (TPSA) is 104 Å². The number of amides is 1. The number of ether oxygens (including phenoxy) is 1. The summed E-state index contributed by atoms with van der Waals surface area (Å²) in [6, 6.07) is 10.1. The Labute approximate surface area is 162 Å². The monoisotopic (exact) mass is 375 g/mol. The summed E-state index contributed by atoms with van der Waals surface area (Å²) in [5.41, 5.74) is 2.26. The number of hydrogen-bond acceptors (Lipinski definition) is 5. The van der Waals surface area contributed by atoms with Crippen molar-refractivity contribution in [3.05, 3.63) is 54.1 Å². The third-order valence-corrected chi connectivity index (χ3v) is 5.11. The summed E-state index contributed by atoms with van der Waals surface area (Å²) in [5, 5.41) is 13.3. The van der Waals surface area contributed by atoms with Crippen LogP contribution in [0.1, 0.15) is 36.9 Å². The molecule has 0 unspecified atom stereocenters. The Morgan fingerprint density at radius 1 is 1.21 bits per heavy atom. The molecule has 0 radical (unpaired) electrons. The van der Waals surface area contributed by atoms with Crippen LogP contribution >= 0.6 is 0 Å². The van der Waals surface area contributed by atoms with Crippen molar-refractivity contribution >= 4 is 16.8 Å². The predicted molar refractivity (Wildman–Crippen MR) is 104 cm³/mol. The number of aromatic amines is 1. The quantitative estimate of drug-likeness (QED) is 0.714. The van der Waals surface area contributed by atoms with Gasteiger partial charge in [0.2, 0.25) is 11.6 Å². The van der Waals surface area contributed by atoms with Gasteiger partial charge in [-0.1, -0.05) is 18.2 Å². The number of nitriles is 1. The van der Waals surface area contributed by atoms with E-state index >= 15 is 0 Å². The highest BCUT2D eigenvalue weighted by Gasteiger charge is 2.25. The van der Waals surface area contributed by atoms with Gasteiger partial charge in [-0.3, -0.25) is 4.79 Å². The van der Waals surface area contributed by atoms with Crippen molar-refractivity contribution in [1.29, 1.82) is 5.26 Å². The molecule has 4 rings (SSSR count). The SMILES string of the molecule is N#Cc1nccnc1OC1CCC(NC(=O)Cc2c[nH]c3ccccc23)CC1. The lowest BCUT2D eigenvalue weighted by molar-refractivity contribution is -0.121. The number of hydrogen-bond donors (Lipinski definition) is 2. The van der Waals surface area contributed by atoms with E-state index in [1.165, 1.54) is 12.4 Å². The molecule has 1 aliphatic rings. The molecule has 0 saturated heterocycles. The van der Waals surface area contributed by atoms with Crippen molar-refractivity contribution in [2.24, 2.45) is 0 Å². The number of nitrogens with one attached hydrogen (secondary N) is 2. The molecule has 0 bridgehead atoms. The lowest BCUT2D eigenvalue weighted by Crippen LogP contribution is -2.40. The molecule has 7 nitrogen and oxygen atoms in total. The maximum atomic E-state index is 12.5. The zero-order valence-corrected chi connectivity index (χ0v) is 15.4. The first-order chi connectivity index (χ1) is 13.7. The molecule has 3 aromatic rings. The smallest absolute Gasteiger partial charge is 0.251 e. The van der Waals surface area contributed by atoms with E-state index in [4.69, 9.17) is 10.00 Å². The Morgan fingerprint density at radius 2 is 2.00 bits per heavy atom. The van der Waals surface area contributed by atoms with Gasteiger partial charge in [-0.25, -0.2) is 9.97 Å². The first-order valence-corrected chi connectivity index (χ1v) is 9.45. The molecular weight excluding hydrogens is 354 g/mol. The summed E-state index contributed by atoms with van der Waals surface area (Å²) in [7, 11) is 0. The molecule has 1 aromatic carbocycles. The van der Waals surface area contributed by atoms with Gasteiger partial charge in [0.25, 0.3) is 5.88 Å². The molecule has 28 heavy (non-hydrogen) atoms. The molecule has 2 heterocycles. The van der Waals surface area contributed by atoms with Gasteiger partial charge in [-0.2, -0.15) is 5.26 Å². The van der Waals surface area contributed by atoms with Gasteiger partial charge < -0.3 is 15.0 Å². The van der Waals surface area contributed by atoms with Crippen LogP contribution in [-0.4, -0.2) is 33.0 Å². The molecule has 1 amide bonds. The molecular formula is C21H21N5O2. The highest BCUT2D eigenvalue weighted by atomic mass is 16.5. The normalized spacial score (nSPS) is 19.1. The summed E-state index contributed by atoms with van der Waals surface area (Å²) >= 11 is 0. The molecule has 1 saturated carbocycles. The van der Waals surface area contributed by atoms with E-state index in [1.54, 1.807) is 0 Å². The fourth-order valence-electron chi connectivity index (χ4n) is 3.70. The second-order valence-corrected chi connectivity index (χ2v) is 7.02. The molecule has 1 fully saturated rings. The fraction of sp³-hybridized carbons (Fsp3) is 0.333. The lowest BCUT2D eigenvalue weighted by Gasteiger charge is -2.29. The number of carbonyl (C=O) groups is 1. The number of para-hydroxylation sites is 1. The van der Waals surface area contributed by atoms with Gasteiger partial charge in [-0.05, 0) is 37.3 Å². The first-order valence-electron chi connectivity index (χ1n) is 9.45. The Morgan fingerprint density at radius 3 is 2.82 bits per heavy atom. The van der Waals surface area contributed by atoms with Crippen molar-refractivity contribution in [2.45, 2.75) is 44.2 Å². The van der Waals surface area contributed by atoms with Crippen molar-refractivity contribution in [1.82, 2.24) is 20.3 Å². The van der Waals surface area contributed by atoms with Crippen LogP contribution in [0.5, 0.6) is 5.88 Å². The van der Waals surface area contributed by atoms with E-state index in [-0.39, 0.29) is 29.6 Å². The highest BCUT2D eigenvalue weighted by Crippen LogP contribution is 2.24. The van der Waals surface area contributed by atoms with Gasteiger partial charge >= 0.3 is 0 Å². The number of H-pyrrole nitrogens is 1. The second-order valence-electron chi connectivity index (χ2n) is 7.02. The van der Waals surface area contributed by atoms with Crippen LogP contribution in [0.2, 0.25) is 0 Å². The maximum absolute atomic E-state index is 12.5. The standard InChI is InChI=1S/C21H21N5O2/c22-12-19-21(24-10-9-23-19)28-16-7-5-15(6-8-16)26-20(27)11-14-13-25-18-4-2-1-3-17(14)18/h1-4,9-10,13,15-16,25H,5-8,11H2,(H,26,27). The van der Waals surface area contributed by atoms with E-state index in [9.17, 15) is 4.79 Å². The molecule has 7 heteroatoms. The molecule has 142 valence electrons. The van der Waals surface area contributed by atoms with Crippen LogP contribution in [0.3, 0.4) is 0 Å². The predicted octanol–water partition coefficient (Wildman–Crippen LogP) is 2.88. The van der Waals surface area contributed by atoms with Crippen LogP contribution < -0.4 is 10.1 Å². The largest absolute Gasteiger partial charge is 0.472 e. The fourth-order valence-corrected chi connectivity index (χ4v) is 3.70. The second kappa shape index (κ2) is 8.09. The van der Waals surface area contributed by atoms with Gasteiger partial charge in [0.1, 0.15) is 12.2 Å². The van der Waals surface area contributed by atoms with E-state index in [0.29, 0.717) is 6.42 Å². The third kappa shape index (κ3) is 3.96. The minimum Gasteiger partial charge on any atom is -0.472 e.